The molecule has 0 unspecified atom stereocenters. The fourth-order valence-electron chi connectivity index (χ4n) is 2.91. The van der Waals surface area contributed by atoms with Crippen LogP contribution in [0.4, 0.5) is 0 Å². The van der Waals surface area contributed by atoms with Gasteiger partial charge in [-0.2, -0.15) is 0 Å². The molecule has 2 rings (SSSR count). The van der Waals surface area contributed by atoms with E-state index in [1.807, 2.05) is 0 Å². The predicted octanol–water partition coefficient (Wildman–Crippen LogP) is 3.59. The number of aryl methyl sites for hydroxylation is 1. The molecular formula is C17H26OSi2. The molecule has 0 bridgehead atoms. The van der Waals surface area contributed by atoms with Crippen molar-refractivity contribution in [1.82, 2.24) is 0 Å². The van der Waals surface area contributed by atoms with Gasteiger partial charge in [-0.25, -0.2) is 0 Å². The Bertz CT molecular complexity index is 590. The molecule has 0 atom stereocenters. The molecule has 1 N–H and O–H groups in total. The molecule has 0 spiro atoms. The molecule has 0 aliphatic heterocycles. The van der Waals surface area contributed by atoms with Crippen molar-refractivity contribution in [3.63, 3.8) is 0 Å². The van der Waals surface area contributed by atoms with E-state index < -0.39 is 16.1 Å². The average Bonchev–Trinajstić information content (AvgIpc) is 2.84. The van der Waals surface area contributed by atoms with Gasteiger partial charge in [0.1, 0.15) is 13.8 Å². The minimum absolute atomic E-state index is 0.583. The summed E-state index contributed by atoms with van der Waals surface area (Å²) in [6.45, 7) is 13.8. The first-order valence-electron chi connectivity index (χ1n) is 7.35. The zero-order valence-electron chi connectivity index (χ0n) is 13.5. The van der Waals surface area contributed by atoms with Crippen molar-refractivity contribution in [3.8, 4) is 5.75 Å². The summed E-state index contributed by atoms with van der Waals surface area (Å²) in [6, 6.07) is 4.40. The maximum atomic E-state index is 10.9. The van der Waals surface area contributed by atoms with Crippen LogP contribution in [0.25, 0.3) is 0 Å². The van der Waals surface area contributed by atoms with E-state index in [-0.39, 0.29) is 0 Å². The van der Waals surface area contributed by atoms with Crippen LogP contribution in [-0.2, 0) is 0 Å². The highest BCUT2D eigenvalue weighted by Gasteiger charge is 2.34. The van der Waals surface area contributed by atoms with Gasteiger partial charge in [-0.05, 0) is 23.7 Å². The quantitative estimate of drug-likeness (QED) is 0.846. The Morgan fingerprint density at radius 2 is 1.60 bits per heavy atom. The summed E-state index contributed by atoms with van der Waals surface area (Å²) in [5.74, 6) is 0.583. The van der Waals surface area contributed by atoms with Crippen LogP contribution in [0.2, 0.25) is 32.7 Å². The van der Waals surface area contributed by atoms with E-state index in [1.54, 1.807) is 0 Å². The molecule has 0 radical (unpaired) electrons. The van der Waals surface area contributed by atoms with Crippen molar-refractivity contribution in [1.29, 1.82) is 0 Å². The Morgan fingerprint density at radius 1 is 1.00 bits per heavy atom. The van der Waals surface area contributed by atoms with Gasteiger partial charge in [0, 0.05) is 0 Å². The molecule has 3 heteroatoms. The summed E-state index contributed by atoms with van der Waals surface area (Å²) in [7, 11) is -3.28. The van der Waals surface area contributed by atoms with Gasteiger partial charge in [0.05, 0.1) is 8.07 Å². The molecule has 1 aliphatic carbocycles. The molecule has 1 aromatic rings. The number of aromatic hydroxyl groups is 1. The van der Waals surface area contributed by atoms with E-state index in [9.17, 15) is 5.11 Å². The molecular weight excluding hydrogens is 276 g/mol. The fraction of sp³-hybridized carbons (Fsp3) is 0.412. The summed E-state index contributed by atoms with van der Waals surface area (Å²) in [5, 5.41) is 14.8. The Labute approximate surface area is 125 Å². The average molecular weight is 303 g/mol. The molecule has 1 nitrogen and oxygen atoms in total. The standard InChI is InChI=1S/C17H26OSi2/c1-13-11-15(19(2,3)4)17(18)16(12-13)20(5,6)14-9-7-8-10-14/h7-9,11-12,18H,10H2,1-6H3. The van der Waals surface area contributed by atoms with Crippen molar-refractivity contribution >= 4 is 26.5 Å². The smallest absolute Gasteiger partial charge is 0.114 e. The SMILES string of the molecule is Cc1cc([Si](C)(C)C)c(O)c([Si](C)(C)C2=CC=CC2)c1. The topological polar surface area (TPSA) is 20.2 Å². The number of allylic oxidation sites excluding steroid dienone is 4. The second-order valence-corrected chi connectivity index (χ2v) is 16.9. The lowest BCUT2D eigenvalue weighted by molar-refractivity contribution is 0.483. The van der Waals surface area contributed by atoms with Crippen molar-refractivity contribution in [3.05, 3.63) is 41.1 Å². The van der Waals surface area contributed by atoms with E-state index in [0.29, 0.717) is 5.75 Å². The largest absolute Gasteiger partial charge is 0.508 e. The van der Waals surface area contributed by atoms with Crippen LogP contribution in [-0.4, -0.2) is 21.3 Å². The zero-order valence-corrected chi connectivity index (χ0v) is 15.5. The van der Waals surface area contributed by atoms with Gasteiger partial charge in [0.25, 0.3) is 0 Å². The van der Waals surface area contributed by atoms with Crippen LogP contribution in [0.3, 0.4) is 0 Å². The minimum atomic E-state index is -1.76. The predicted molar refractivity (Wildman–Crippen MR) is 94.8 cm³/mol. The van der Waals surface area contributed by atoms with Gasteiger partial charge in [0.15, 0.2) is 0 Å². The van der Waals surface area contributed by atoms with Crippen LogP contribution in [0.5, 0.6) is 5.75 Å². The molecule has 108 valence electrons. The summed E-state index contributed by atoms with van der Waals surface area (Å²) in [4.78, 5) is 0. The summed E-state index contributed by atoms with van der Waals surface area (Å²) >= 11 is 0. The number of phenols is 1. The third kappa shape index (κ3) is 2.70. The Morgan fingerprint density at radius 3 is 2.10 bits per heavy atom. The van der Waals surface area contributed by atoms with Crippen LogP contribution < -0.4 is 10.4 Å². The summed E-state index contributed by atoms with van der Waals surface area (Å²) in [5.41, 5.74) is 1.28. The third-order valence-corrected chi connectivity index (χ3v) is 10.0. The Balaban J connectivity index is 2.60. The molecule has 0 aromatic heterocycles. The van der Waals surface area contributed by atoms with Crippen molar-refractivity contribution in [2.45, 2.75) is 46.1 Å². The number of benzene rings is 1. The van der Waals surface area contributed by atoms with Crippen molar-refractivity contribution in [2.24, 2.45) is 0 Å². The van der Waals surface area contributed by atoms with Crippen LogP contribution >= 0.6 is 0 Å². The van der Waals surface area contributed by atoms with Gasteiger partial charge in [0.2, 0.25) is 0 Å². The molecule has 0 amide bonds. The third-order valence-electron chi connectivity index (χ3n) is 4.31. The first-order valence-corrected chi connectivity index (χ1v) is 13.8. The highest BCUT2D eigenvalue weighted by Crippen LogP contribution is 2.26. The van der Waals surface area contributed by atoms with Crippen LogP contribution in [0.1, 0.15) is 12.0 Å². The first-order chi connectivity index (χ1) is 9.14. The molecule has 0 heterocycles. The van der Waals surface area contributed by atoms with E-state index >= 15 is 0 Å². The highest BCUT2D eigenvalue weighted by atomic mass is 28.3. The maximum absolute atomic E-state index is 10.9. The van der Waals surface area contributed by atoms with E-state index in [2.05, 4.69) is 70.0 Å². The molecule has 0 saturated heterocycles. The van der Waals surface area contributed by atoms with Gasteiger partial charge in [-0.15, -0.1) is 0 Å². The van der Waals surface area contributed by atoms with Crippen LogP contribution in [0, 0.1) is 6.92 Å². The summed E-state index contributed by atoms with van der Waals surface area (Å²) < 4.78 is 0. The molecule has 20 heavy (non-hydrogen) atoms. The van der Waals surface area contributed by atoms with Gasteiger partial charge >= 0.3 is 0 Å². The van der Waals surface area contributed by atoms with Gasteiger partial charge < -0.3 is 5.11 Å². The maximum Gasteiger partial charge on any atom is 0.114 e. The lowest BCUT2D eigenvalue weighted by Gasteiger charge is -2.29. The Kier molecular flexibility index (Phi) is 3.86. The number of hydrogen-bond acceptors (Lipinski definition) is 1. The van der Waals surface area contributed by atoms with Crippen molar-refractivity contribution < 1.29 is 5.11 Å². The van der Waals surface area contributed by atoms with Gasteiger partial charge in [-0.1, -0.05) is 73.9 Å². The van der Waals surface area contributed by atoms with Crippen LogP contribution in [0.15, 0.2) is 35.6 Å². The number of phenolic OH excluding ortho intramolecular Hbond substituents is 1. The lowest BCUT2D eigenvalue weighted by Crippen LogP contribution is -2.48. The molecule has 1 aliphatic rings. The molecule has 0 fully saturated rings. The van der Waals surface area contributed by atoms with Gasteiger partial charge in [-0.3, -0.25) is 0 Å². The monoisotopic (exact) mass is 302 g/mol. The Hall–Kier alpha value is -1.07. The van der Waals surface area contributed by atoms with E-state index in [4.69, 9.17) is 0 Å². The van der Waals surface area contributed by atoms with E-state index in [0.717, 1.165) is 6.42 Å². The second-order valence-electron chi connectivity index (χ2n) is 7.41. The van der Waals surface area contributed by atoms with E-state index in [1.165, 1.54) is 21.1 Å². The first kappa shape index (κ1) is 15.3. The minimum Gasteiger partial charge on any atom is -0.508 e. The number of hydrogen-bond donors (Lipinski definition) is 1. The summed E-state index contributed by atoms with van der Waals surface area (Å²) in [6.07, 6.45) is 7.67. The second kappa shape index (κ2) is 5.04. The zero-order chi connectivity index (χ0) is 15.1. The highest BCUT2D eigenvalue weighted by molar-refractivity contribution is 6.97. The lowest BCUT2D eigenvalue weighted by atomic mass is 10.2. The fourth-order valence-corrected chi connectivity index (χ4v) is 7.34. The molecule has 1 aromatic carbocycles. The number of rotatable bonds is 3. The van der Waals surface area contributed by atoms with Crippen molar-refractivity contribution in [2.75, 3.05) is 0 Å². The molecule has 0 saturated carbocycles. The normalized spacial score (nSPS) is 15.6.